The Balaban J connectivity index is 1.23. The quantitative estimate of drug-likeness (QED) is 0.674. The molecule has 0 aromatic heterocycles. The highest BCUT2D eigenvalue weighted by Gasteiger charge is 2.49. The first-order valence-corrected chi connectivity index (χ1v) is 12.3. The second-order valence-electron chi connectivity index (χ2n) is 8.85. The molecule has 3 atom stereocenters. The van der Waals surface area contributed by atoms with Gasteiger partial charge in [0.25, 0.3) is 0 Å². The number of nitrogens with one attached hydrogen (secondary N) is 1. The second kappa shape index (κ2) is 8.74. The molecule has 2 aromatic carbocycles. The van der Waals surface area contributed by atoms with Crippen LogP contribution >= 0.6 is 11.8 Å². The SMILES string of the molecule is CC(NC(=O)OCC1c2ccccc2-c2ccccc21)C(=O)N1C(C(=O)O)CSC1C1CC1. The van der Waals surface area contributed by atoms with Crippen LogP contribution in [0.2, 0.25) is 0 Å². The van der Waals surface area contributed by atoms with Crippen molar-refractivity contribution in [3.05, 3.63) is 59.7 Å². The molecule has 33 heavy (non-hydrogen) atoms. The number of hydrogen-bond donors (Lipinski definition) is 2. The van der Waals surface area contributed by atoms with Crippen LogP contribution in [0, 0.1) is 5.92 Å². The Labute approximate surface area is 196 Å². The number of fused-ring (bicyclic) bond motifs is 3. The van der Waals surface area contributed by atoms with Crippen molar-refractivity contribution >= 4 is 29.7 Å². The molecule has 2 aromatic rings. The number of carboxylic acid groups (broad SMARTS) is 1. The number of nitrogens with zero attached hydrogens (tertiary/aromatic N) is 1. The lowest BCUT2D eigenvalue weighted by molar-refractivity contribution is -0.150. The summed E-state index contributed by atoms with van der Waals surface area (Å²) in [5.74, 6) is -0.741. The molecule has 2 N–H and O–H groups in total. The number of rotatable bonds is 6. The zero-order valence-electron chi connectivity index (χ0n) is 18.3. The van der Waals surface area contributed by atoms with E-state index in [4.69, 9.17) is 4.74 Å². The fourth-order valence-electron chi connectivity index (χ4n) is 4.84. The van der Waals surface area contributed by atoms with E-state index in [0.29, 0.717) is 11.7 Å². The molecule has 172 valence electrons. The number of carbonyl (C=O) groups excluding carboxylic acids is 2. The first-order valence-electron chi connectivity index (χ1n) is 11.2. The summed E-state index contributed by atoms with van der Waals surface area (Å²) in [7, 11) is 0. The molecule has 2 fully saturated rings. The van der Waals surface area contributed by atoms with E-state index in [-0.39, 0.29) is 23.8 Å². The van der Waals surface area contributed by atoms with Gasteiger partial charge in [0.2, 0.25) is 5.91 Å². The molecule has 1 saturated carbocycles. The van der Waals surface area contributed by atoms with Crippen molar-refractivity contribution in [1.82, 2.24) is 10.2 Å². The number of carboxylic acids is 1. The summed E-state index contributed by atoms with van der Waals surface area (Å²) in [5, 5.41) is 12.0. The van der Waals surface area contributed by atoms with Gasteiger partial charge in [0.15, 0.2) is 0 Å². The minimum absolute atomic E-state index is 0.0697. The zero-order valence-corrected chi connectivity index (χ0v) is 19.1. The fourth-order valence-corrected chi connectivity index (χ4v) is 6.48. The molecule has 1 aliphatic heterocycles. The van der Waals surface area contributed by atoms with E-state index >= 15 is 0 Å². The van der Waals surface area contributed by atoms with Crippen LogP contribution in [0.15, 0.2) is 48.5 Å². The maximum Gasteiger partial charge on any atom is 0.407 e. The van der Waals surface area contributed by atoms with Crippen molar-refractivity contribution in [3.63, 3.8) is 0 Å². The normalized spacial score (nSPS) is 22.4. The van der Waals surface area contributed by atoms with Gasteiger partial charge < -0.3 is 20.1 Å². The molecule has 3 unspecified atom stereocenters. The number of thioether (sulfide) groups is 1. The van der Waals surface area contributed by atoms with Crippen molar-refractivity contribution in [2.75, 3.05) is 12.4 Å². The van der Waals surface area contributed by atoms with Gasteiger partial charge in [-0.1, -0.05) is 48.5 Å². The summed E-state index contributed by atoms with van der Waals surface area (Å²) in [5.41, 5.74) is 4.51. The smallest absolute Gasteiger partial charge is 0.407 e. The van der Waals surface area contributed by atoms with Crippen LogP contribution in [0.1, 0.15) is 36.8 Å². The average molecular weight is 467 g/mol. The highest BCUT2D eigenvalue weighted by Crippen LogP contribution is 2.46. The summed E-state index contributed by atoms with van der Waals surface area (Å²) in [6.45, 7) is 1.73. The molecule has 0 radical (unpaired) electrons. The van der Waals surface area contributed by atoms with E-state index in [1.165, 1.54) is 16.7 Å². The third-order valence-corrected chi connectivity index (χ3v) is 8.11. The predicted octanol–water partition coefficient (Wildman–Crippen LogP) is 3.68. The molecule has 8 heteroatoms. The topological polar surface area (TPSA) is 95.9 Å². The van der Waals surface area contributed by atoms with E-state index in [1.807, 2.05) is 36.4 Å². The van der Waals surface area contributed by atoms with Gasteiger partial charge in [-0.15, -0.1) is 11.8 Å². The third-order valence-electron chi connectivity index (χ3n) is 6.65. The molecule has 0 spiro atoms. The number of aliphatic carboxylic acids is 1. The Hall–Kier alpha value is -3.00. The van der Waals surface area contributed by atoms with Gasteiger partial charge in [0.05, 0.1) is 5.37 Å². The largest absolute Gasteiger partial charge is 0.480 e. The Morgan fingerprint density at radius 3 is 2.27 bits per heavy atom. The van der Waals surface area contributed by atoms with Gasteiger partial charge in [0.1, 0.15) is 18.7 Å². The molecule has 1 saturated heterocycles. The monoisotopic (exact) mass is 466 g/mol. The van der Waals surface area contributed by atoms with Crippen molar-refractivity contribution in [2.45, 2.75) is 43.1 Å². The summed E-state index contributed by atoms with van der Waals surface area (Å²) in [6, 6.07) is 14.4. The van der Waals surface area contributed by atoms with E-state index in [1.54, 1.807) is 6.92 Å². The lowest BCUT2D eigenvalue weighted by Crippen LogP contribution is -2.54. The van der Waals surface area contributed by atoms with E-state index in [0.717, 1.165) is 35.1 Å². The Kier molecular flexibility index (Phi) is 5.78. The van der Waals surface area contributed by atoms with Crippen LogP contribution in [0.5, 0.6) is 0 Å². The lowest BCUT2D eigenvalue weighted by atomic mass is 9.98. The molecule has 2 aliphatic carbocycles. The average Bonchev–Trinajstić information content (AvgIpc) is 3.47. The van der Waals surface area contributed by atoms with Crippen molar-refractivity contribution in [3.8, 4) is 11.1 Å². The summed E-state index contributed by atoms with van der Waals surface area (Å²) >= 11 is 1.52. The van der Waals surface area contributed by atoms with Crippen LogP contribution < -0.4 is 5.32 Å². The minimum Gasteiger partial charge on any atom is -0.480 e. The number of carbonyl (C=O) groups is 3. The number of hydrogen-bond acceptors (Lipinski definition) is 5. The number of alkyl carbamates (subject to hydrolysis) is 1. The van der Waals surface area contributed by atoms with Gasteiger partial charge in [0, 0.05) is 11.7 Å². The maximum absolute atomic E-state index is 13.1. The molecule has 0 bridgehead atoms. The van der Waals surface area contributed by atoms with Crippen molar-refractivity contribution in [1.29, 1.82) is 0 Å². The van der Waals surface area contributed by atoms with E-state index in [2.05, 4.69) is 17.4 Å². The molecule has 2 amide bonds. The van der Waals surface area contributed by atoms with Gasteiger partial charge in [-0.25, -0.2) is 9.59 Å². The van der Waals surface area contributed by atoms with Crippen LogP contribution in [0.25, 0.3) is 11.1 Å². The van der Waals surface area contributed by atoms with Gasteiger partial charge in [-0.2, -0.15) is 0 Å². The number of benzene rings is 2. The van der Waals surface area contributed by atoms with E-state index in [9.17, 15) is 19.5 Å². The maximum atomic E-state index is 13.1. The Morgan fingerprint density at radius 2 is 1.70 bits per heavy atom. The molecular weight excluding hydrogens is 440 g/mol. The minimum atomic E-state index is -1.01. The Bertz CT molecular complexity index is 1060. The summed E-state index contributed by atoms with van der Waals surface area (Å²) < 4.78 is 5.54. The first kappa shape index (κ1) is 21.8. The van der Waals surface area contributed by atoms with Crippen LogP contribution in [0.4, 0.5) is 4.79 Å². The van der Waals surface area contributed by atoms with E-state index < -0.39 is 24.1 Å². The number of ether oxygens (including phenoxy) is 1. The molecule has 7 nitrogen and oxygen atoms in total. The second-order valence-corrected chi connectivity index (χ2v) is 10.0. The van der Waals surface area contributed by atoms with Crippen molar-refractivity contribution < 1.29 is 24.2 Å². The van der Waals surface area contributed by atoms with Crippen molar-refractivity contribution in [2.24, 2.45) is 5.92 Å². The summed E-state index contributed by atoms with van der Waals surface area (Å²) in [6.07, 6.45) is 1.32. The molecule has 1 heterocycles. The van der Waals surface area contributed by atoms with Gasteiger partial charge >= 0.3 is 12.1 Å². The zero-order chi connectivity index (χ0) is 23.1. The highest BCUT2D eigenvalue weighted by molar-refractivity contribution is 8.00. The van der Waals surface area contributed by atoms with Crippen LogP contribution in [-0.2, 0) is 14.3 Å². The highest BCUT2D eigenvalue weighted by atomic mass is 32.2. The molecular formula is C25H26N2O5S. The Morgan fingerprint density at radius 1 is 1.09 bits per heavy atom. The third kappa shape index (κ3) is 4.08. The number of amides is 2. The fraction of sp³-hybridized carbons (Fsp3) is 0.400. The molecule has 3 aliphatic rings. The first-order chi connectivity index (χ1) is 16.0. The standard InChI is InChI=1S/C25H26N2O5S/c1-14(22(28)27-21(24(29)30)13-33-23(27)15-10-11-15)26-25(31)32-12-20-18-8-4-2-6-16(18)17-7-3-5-9-19(17)20/h2-9,14-15,20-21,23H,10-13H2,1H3,(H,26,31)(H,29,30). The van der Waals surface area contributed by atoms with Crippen LogP contribution in [0.3, 0.4) is 0 Å². The van der Waals surface area contributed by atoms with Gasteiger partial charge in [-0.05, 0) is 47.9 Å². The lowest BCUT2D eigenvalue weighted by Gasteiger charge is -2.30. The van der Waals surface area contributed by atoms with Gasteiger partial charge in [-0.3, -0.25) is 4.79 Å². The predicted molar refractivity (Wildman–Crippen MR) is 125 cm³/mol. The summed E-state index contributed by atoms with van der Waals surface area (Å²) in [4.78, 5) is 38.8. The van der Waals surface area contributed by atoms with Crippen LogP contribution in [-0.4, -0.2) is 57.8 Å². The molecule has 5 rings (SSSR count).